The minimum absolute atomic E-state index is 0.0156. The van der Waals surface area contributed by atoms with Gasteiger partial charge in [-0.05, 0) is 37.8 Å². The molecule has 7 nitrogen and oxygen atoms in total. The summed E-state index contributed by atoms with van der Waals surface area (Å²) in [6.07, 6.45) is 2.27. The van der Waals surface area contributed by atoms with Gasteiger partial charge < -0.3 is 15.0 Å². The highest BCUT2D eigenvalue weighted by Gasteiger charge is 2.54. The van der Waals surface area contributed by atoms with Crippen LogP contribution >= 0.6 is 0 Å². The molecule has 3 rings (SSSR count). The number of carbonyl (C=O) groups excluding carboxylic acids is 3. The Bertz CT molecular complexity index is 884. The Kier molecular flexibility index (Phi) is 7.52. The number of hydrogen-bond donors (Lipinski definition) is 1. The maximum absolute atomic E-state index is 13.7. The maximum Gasteiger partial charge on any atom is 0.256 e. The highest BCUT2D eigenvalue weighted by atomic mass is 16.5. The van der Waals surface area contributed by atoms with E-state index in [0.29, 0.717) is 37.9 Å². The summed E-state index contributed by atoms with van der Waals surface area (Å²) >= 11 is 0. The molecule has 0 bridgehead atoms. The van der Waals surface area contributed by atoms with Gasteiger partial charge in [-0.1, -0.05) is 45.4 Å². The lowest BCUT2D eigenvalue weighted by molar-refractivity contribution is -0.145. The van der Waals surface area contributed by atoms with Crippen LogP contribution in [0.4, 0.5) is 0 Å². The Morgan fingerprint density at radius 3 is 2.45 bits per heavy atom. The van der Waals surface area contributed by atoms with E-state index in [1.807, 2.05) is 43.9 Å². The molecule has 0 aliphatic carbocycles. The summed E-state index contributed by atoms with van der Waals surface area (Å²) in [4.78, 5) is 43.1. The zero-order valence-corrected chi connectivity index (χ0v) is 20.9. The minimum Gasteiger partial charge on any atom is -0.353 e. The summed E-state index contributed by atoms with van der Waals surface area (Å²) in [5.41, 5.74) is 0.574. The monoisotopic (exact) mass is 457 g/mol. The highest BCUT2D eigenvalue weighted by molar-refractivity contribution is 5.98. The van der Waals surface area contributed by atoms with Crippen LogP contribution in [0.2, 0.25) is 0 Å². The molecule has 1 spiro atoms. The van der Waals surface area contributed by atoms with Crippen LogP contribution in [0.25, 0.3) is 0 Å². The lowest BCUT2D eigenvalue weighted by atomic mass is 9.90. The Hall–Kier alpha value is -2.41. The van der Waals surface area contributed by atoms with E-state index in [1.54, 1.807) is 11.0 Å². The first kappa shape index (κ1) is 25.2. The molecule has 2 atom stereocenters. The molecular formula is C26H39N3O4. The standard InChI is InChI=1S/C26H39N3O4/c1-7-19(3)27-23(31)21-17-33-26(29(21)24(32)20-10-8-9-18(2)15-20)11-13-28(14-12-26)22(30)16-25(4,5)6/h8-10,15,19,21H,7,11-14,16-17H2,1-6H3,(H,27,31)/t19-,21+/m0/s1. The third-order valence-electron chi connectivity index (χ3n) is 6.63. The SMILES string of the molecule is CC[C@H](C)NC(=O)[C@H]1COC2(CCN(C(=O)CC(C)(C)C)CC2)N1C(=O)c1cccc(C)c1. The smallest absolute Gasteiger partial charge is 0.256 e. The Balaban J connectivity index is 1.85. The number of likely N-dealkylation sites (tertiary alicyclic amines) is 1. The van der Waals surface area contributed by atoms with E-state index in [4.69, 9.17) is 4.74 Å². The summed E-state index contributed by atoms with van der Waals surface area (Å²) in [6, 6.07) is 6.76. The van der Waals surface area contributed by atoms with Crippen LogP contribution in [0.1, 0.15) is 76.2 Å². The van der Waals surface area contributed by atoms with Crippen molar-refractivity contribution in [3.8, 4) is 0 Å². The van der Waals surface area contributed by atoms with Gasteiger partial charge in [0.25, 0.3) is 5.91 Å². The topological polar surface area (TPSA) is 79.0 Å². The molecule has 0 saturated carbocycles. The van der Waals surface area contributed by atoms with Crippen LogP contribution in [0.5, 0.6) is 0 Å². The van der Waals surface area contributed by atoms with E-state index < -0.39 is 11.8 Å². The molecule has 0 radical (unpaired) electrons. The van der Waals surface area contributed by atoms with E-state index >= 15 is 0 Å². The van der Waals surface area contributed by atoms with Gasteiger partial charge in [0.1, 0.15) is 11.8 Å². The Labute approximate surface area is 197 Å². The zero-order chi connectivity index (χ0) is 24.4. The average Bonchev–Trinajstić information content (AvgIpc) is 3.11. The van der Waals surface area contributed by atoms with Gasteiger partial charge in [-0.15, -0.1) is 0 Å². The molecule has 2 fully saturated rings. The molecule has 3 amide bonds. The Morgan fingerprint density at radius 2 is 1.88 bits per heavy atom. The number of ether oxygens (including phenoxy) is 1. The number of nitrogens with one attached hydrogen (secondary N) is 1. The van der Waals surface area contributed by atoms with Crippen molar-refractivity contribution in [1.29, 1.82) is 0 Å². The predicted octanol–water partition coefficient (Wildman–Crippen LogP) is 3.51. The Morgan fingerprint density at radius 1 is 1.21 bits per heavy atom. The molecule has 2 aliphatic heterocycles. The van der Waals surface area contributed by atoms with Crippen molar-refractivity contribution in [2.45, 2.75) is 85.0 Å². The van der Waals surface area contributed by atoms with Gasteiger partial charge in [0.2, 0.25) is 11.8 Å². The third-order valence-corrected chi connectivity index (χ3v) is 6.63. The van der Waals surface area contributed by atoms with E-state index in [-0.39, 0.29) is 35.8 Å². The zero-order valence-electron chi connectivity index (χ0n) is 20.9. The van der Waals surface area contributed by atoms with Crippen molar-refractivity contribution < 1.29 is 19.1 Å². The first-order valence-electron chi connectivity index (χ1n) is 12.1. The quantitative estimate of drug-likeness (QED) is 0.734. The van der Waals surface area contributed by atoms with Crippen molar-refractivity contribution >= 4 is 17.7 Å². The highest BCUT2D eigenvalue weighted by Crippen LogP contribution is 2.39. The molecule has 0 aromatic heterocycles. The van der Waals surface area contributed by atoms with Crippen LogP contribution in [0.3, 0.4) is 0 Å². The second-order valence-corrected chi connectivity index (χ2v) is 10.8. The summed E-state index contributed by atoms with van der Waals surface area (Å²) in [5.74, 6) is -0.263. The van der Waals surface area contributed by atoms with Gasteiger partial charge in [-0.3, -0.25) is 19.3 Å². The number of benzene rings is 1. The summed E-state index contributed by atoms with van der Waals surface area (Å²) in [6.45, 7) is 13.2. The minimum atomic E-state index is -0.878. The predicted molar refractivity (Wildman–Crippen MR) is 128 cm³/mol. The van der Waals surface area contributed by atoms with Crippen molar-refractivity contribution in [2.75, 3.05) is 19.7 Å². The fourth-order valence-corrected chi connectivity index (χ4v) is 4.60. The number of carbonyl (C=O) groups is 3. The second kappa shape index (κ2) is 9.84. The van der Waals surface area contributed by atoms with Crippen molar-refractivity contribution in [1.82, 2.24) is 15.1 Å². The number of piperidine rings is 1. The van der Waals surface area contributed by atoms with Crippen LogP contribution < -0.4 is 5.32 Å². The number of rotatable bonds is 5. The fraction of sp³-hybridized carbons (Fsp3) is 0.654. The van der Waals surface area contributed by atoms with Crippen molar-refractivity contribution in [2.24, 2.45) is 5.41 Å². The molecular weight excluding hydrogens is 418 g/mol. The van der Waals surface area contributed by atoms with E-state index in [0.717, 1.165) is 12.0 Å². The van der Waals surface area contributed by atoms with E-state index in [9.17, 15) is 14.4 Å². The molecule has 0 unspecified atom stereocenters. The molecule has 182 valence electrons. The van der Waals surface area contributed by atoms with Crippen LogP contribution in [0, 0.1) is 12.3 Å². The average molecular weight is 458 g/mol. The van der Waals surface area contributed by atoms with Crippen molar-refractivity contribution in [3.05, 3.63) is 35.4 Å². The van der Waals surface area contributed by atoms with Gasteiger partial charge in [-0.2, -0.15) is 0 Å². The number of nitrogens with zero attached hydrogens (tertiary/aromatic N) is 2. The lowest BCUT2D eigenvalue weighted by Gasteiger charge is -2.45. The molecule has 33 heavy (non-hydrogen) atoms. The molecule has 2 heterocycles. The molecule has 1 aromatic carbocycles. The van der Waals surface area contributed by atoms with Gasteiger partial charge in [0.05, 0.1) is 6.61 Å². The summed E-state index contributed by atoms with van der Waals surface area (Å²) < 4.78 is 6.25. The van der Waals surface area contributed by atoms with Crippen molar-refractivity contribution in [3.63, 3.8) is 0 Å². The van der Waals surface area contributed by atoms with Crippen LogP contribution in [-0.4, -0.2) is 65.0 Å². The third kappa shape index (κ3) is 5.75. The van der Waals surface area contributed by atoms with Gasteiger partial charge >= 0.3 is 0 Å². The van der Waals surface area contributed by atoms with E-state index in [1.165, 1.54) is 0 Å². The fourth-order valence-electron chi connectivity index (χ4n) is 4.60. The normalized spacial score (nSPS) is 21.2. The molecule has 2 saturated heterocycles. The number of aryl methyl sites for hydroxylation is 1. The van der Waals surface area contributed by atoms with Crippen LogP contribution in [0.15, 0.2) is 24.3 Å². The first-order valence-corrected chi connectivity index (χ1v) is 12.1. The summed E-state index contributed by atoms with van der Waals surface area (Å²) in [5, 5.41) is 3.02. The van der Waals surface area contributed by atoms with E-state index in [2.05, 4.69) is 26.1 Å². The van der Waals surface area contributed by atoms with Gasteiger partial charge in [0, 0.05) is 44.0 Å². The number of hydrogen-bond acceptors (Lipinski definition) is 4. The molecule has 1 N–H and O–H groups in total. The summed E-state index contributed by atoms with van der Waals surface area (Å²) in [7, 11) is 0. The lowest BCUT2D eigenvalue weighted by Crippen LogP contribution is -2.60. The second-order valence-electron chi connectivity index (χ2n) is 10.8. The van der Waals surface area contributed by atoms with Crippen LogP contribution in [-0.2, 0) is 14.3 Å². The van der Waals surface area contributed by atoms with Gasteiger partial charge in [-0.25, -0.2) is 0 Å². The van der Waals surface area contributed by atoms with Gasteiger partial charge in [0.15, 0.2) is 0 Å². The molecule has 1 aromatic rings. The largest absolute Gasteiger partial charge is 0.353 e. The molecule has 7 heteroatoms. The number of amides is 3. The first-order chi connectivity index (χ1) is 15.5. The molecule has 2 aliphatic rings. The maximum atomic E-state index is 13.7.